The molecule has 0 aliphatic carbocycles. The first-order valence-corrected chi connectivity index (χ1v) is 17.1. The lowest BCUT2D eigenvalue weighted by molar-refractivity contribution is 1.07. The normalized spacial score (nSPS) is 11.5. The first-order valence-electron chi connectivity index (χ1n) is 17.1. The van der Waals surface area contributed by atoms with Gasteiger partial charge in [-0.1, -0.05) is 146 Å². The molecule has 2 heterocycles. The summed E-state index contributed by atoms with van der Waals surface area (Å²) in [5, 5.41) is 7.07. The van der Waals surface area contributed by atoms with Crippen molar-refractivity contribution in [3.05, 3.63) is 176 Å². The first kappa shape index (κ1) is 29.0. The van der Waals surface area contributed by atoms with E-state index in [1.165, 1.54) is 21.5 Å². The van der Waals surface area contributed by atoms with Crippen LogP contribution in [0, 0.1) is 0 Å². The molecule has 0 aliphatic heterocycles. The number of hydrogen-bond donors (Lipinski definition) is 0. The predicted molar refractivity (Wildman–Crippen MR) is 209 cm³/mol. The van der Waals surface area contributed by atoms with Crippen LogP contribution in [-0.2, 0) is 0 Å². The molecule has 5 nitrogen and oxygen atoms in total. The van der Waals surface area contributed by atoms with Crippen LogP contribution in [-0.4, -0.2) is 24.5 Å². The van der Waals surface area contributed by atoms with Gasteiger partial charge in [-0.05, 0) is 51.9 Å². The minimum Gasteiger partial charge on any atom is -0.292 e. The number of fused-ring (bicyclic) bond motifs is 7. The summed E-state index contributed by atoms with van der Waals surface area (Å²) in [6.45, 7) is 0. The Morgan fingerprint density at radius 1 is 0.333 bits per heavy atom. The third kappa shape index (κ3) is 4.94. The van der Waals surface area contributed by atoms with Crippen LogP contribution in [0.3, 0.4) is 0 Å². The fraction of sp³-hybridized carbons (Fsp3) is 0. The van der Waals surface area contributed by atoms with E-state index in [2.05, 4.69) is 120 Å². The summed E-state index contributed by atoms with van der Waals surface area (Å²) in [5.41, 5.74) is 6.91. The van der Waals surface area contributed by atoms with E-state index in [1.54, 1.807) is 0 Å². The van der Waals surface area contributed by atoms with Gasteiger partial charge in [0.05, 0.1) is 11.0 Å². The lowest BCUT2D eigenvalue weighted by Gasteiger charge is -2.14. The minimum atomic E-state index is 0.621. The zero-order chi connectivity index (χ0) is 33.7. The number of hydrogen-bond acceptors (Lipinski definition) is 4. The highest BCUT2D eigenvalue weighted by Gasteiger charge is 2.21. The Morgan fingerprint density at radius 2 is 0.804 bits per heavy atom. The molecule has 0 fully saturated rings. The topological polar surface area (TPSA) is 56.5 Å². The molecule has 0 bridgehead atoms. The molecule has 0 radical (unpaired) electrons. The molecule has 5 heteroatoms. The van der Waals surface area contributed by atoms with Crippen LogP contribution < -0.4 is 0 Å². The summed E-state index contributed by atoms with van der Waals surface area (Å²) in [7, 11) is 0. The highest BCUT2D eigenvalue weighted by molar-refractivity contribution is 6.24. The molecule has 10 aromatic rings. The number of nitrogens with zero attached hydrogens (tertiary/aromatic N) is 5. The molecule has 0 unspecified atom stereocenters. The second-order valence-corrected chi connectivity index (χ2v) is 12.7. The van der Waals surface area contributed by atoms with Crippen molar-refractivity contribution in [2.45, 2.75) is 0 Å². The van der Waals surface area contributed by atoms with E-state index in [9.17, 15) is 0 Å². The van der Waals surface area contributed by atoms with Gasteiger partial charge in [0.1, 0.15) is 5.82 Å². The second-order valence-electron chi connectivity index (χ2n) is 12.7. The smallest absolute Gasteiger partial charge is 0.164 e. The molecular formula is C46H29N5. The number of benzene rings is 8. The zero-order valence-corrected chi connectivity index (χ0v) is 27.5. The number of rotatable bonds is 5. The lowest BCUT2D eigenvalue weighted by atomic mass is 10.00. The fourth-order valence-corrected chi connectivity index (χ4v) is 7.18. The summed E-state index contributed by atoms with van der Waals surface area (Å²) in [5.74, 6) is 2.79. The lowest BCUT2D eigenvalue weighted by Crippen LogP contribution is -2.01. The van der Waals surface area contributed by atoms with E-state index in [0.29, 0.717) is 17.5 Å². The average Bonchev–Trinajstić information content (AvgIpc) is 3.63. The van der Waals surface area contributed by atoms with Gasteiger partial charge in [0, 0.05) is 38.7 Å². The summed E-state index contributed by atoms with van der Waals surface area (Å²) < 4.78 is 2.32. The van der Waals surface area contributed by atoms with Gasteiger partial charge in [-0.25, -0.2) is 19.9 Å². The van der Waals surface area contributed by atoms with Crippen molar-refractivity contribution in [2.75, 3.05) is 0 Å². The molecule has 2 aromatic heterocycles. The maximum Gasteiger partial charge on any atom is 0.164 e. The molecule has 8 aromatic carbocycles. The van der Waals surface area contributed by atoms with Crippen LogP contribution in [0.4, 0.5) is 0 Å². The van der Waals surface area contributed by atoms with E-state index >= 15 is 0 Å². The van der Waals surface area contributed by atoms with Crippen LogP contribution in [0.15, 0.2) is 176 Å². The van der Waals surface area contributed by atoms with Gasteiger partial charge in [0.2, 0.25) is 0 Å². The molecule has 0 aliphatic rings. The van der Waals surface area contributed by atoms with Crippen molar-refractivity contribution in [1.29, 1.82) is 0 Å². The van der Waals surface area contributed by atoms with Crippen LogP contribution in [0.25, 0.3) is 94.6 Å². The highest BCUT2D eigenvalue weighted by Crippen LogP contribution is 2.40. The first-order chi connectivity index (χ1) is 25.3. The molecule has 51 heavy (non-hydrogen) atoms. The molecular weight excluding hydrogens is 623 g/mol. The van der Waals surface area contributed by atoms with E-state index in [0.717, 1.165) is 55.6 Å². The van der Waals surface area contributed by atoms with Crippen molar-refractivity contribution in [3.8, 4) is 51.2 Å². The minimum absolute atomic E-state index is 0.621. The second kappa shape index (κ2) is 11.9. The van der Waals surface area contributed by atoms with Crippen LogP contribution in [0.2, 0.25) is 0 Å². The Bertz CT molecular complexity index is 2840. The van der Waals surface area contributed by atoms with E-state index in [-0.39, 0.29) is 0 Å². The molecule has 0 N–H and O–H groups in total. The van der Waals surface area contributed by atoms with Gasteiger partial charge < -0.3 is 0 Å². The molecule has 10 rings (SSSR count). The predicted octanol–water partition coefficient (Wildman–Crippen LogP) is 11.3. The summed E-state index contributed by atoms with van der Waals surface area (Å²) in [4.78, 5) is 20.3. The molecule has 0 saturated carbocycles. The molecule has 0 saturated heterocycles. The Hall–Kier alpha value is -6.98. The van der Waals surface area contributed by atoms with Gasteiger partial charge >= 0.3 is 0 Å². The van der Waals surface area contributed by atoms with Gasteiger partial charge in [-0.15, -0.1) is 0 Å². The average molecular weight is 652 g/mol. The number of aromatic nitrogens is 5. The van der Waals surface area contributed by atoms with E-state index in [4.69, 9.17) is 19.9 Å². The van der Waals surface area contributed by atoms with Gasteiger partial charge in [0.25, 0.3) is 0 Å². The molecule has 238 valence electrons. The maximum atomic E-state index is 5.45. The van der Waals surface area contributed by atoms with Crippen molar-refractivity contribution in [2.24, 2.45) is 0 Å². The van der Waals surface area contributed by atoms with Gasteiger partial charge in [-0.2, -0.15) is 0 Å². The molecule has 0 amide bonds. The Kier molecular flexibility index (Phi) is 6.74. The van der Waals surface area contributed by atoms with Crippen molar-refractivity contribution >= 4 is 43.4 Å². The quantitative estimate of drug-likeness (QED) is 0.174. The van der Waals surface area contributed by atoms with Crippen LogP contribution in [0.5, 0.6) is 0 Å². The van der Waals surface area contributed by atoms with Crippen LogP contribution in [0.1, 0.15) is 0 Å². The van der Waals surface area contributed by atoms with Crippen LogP contribution >= 0.6 is 0 Å². The van der Waals surface area contributed by atoms with E-state index in [1.807, 2.05) is 60.7 Å². The summed E-state index contributed by atoms with van der Waals surface area (Å²) in [6.07, 6.45) is 0. The Morgan fingerprint density at radius 3 is 1.43 bits per heavy atom. The SMILES string of the molecule is c1ccc(-c2nc(-c3ccccc3)nc(-c3ccc(-n4c(-c5ccc6ccccc6c5)nc5c6ccccc6c6ccccc6c54)cc3)n2)cc1. The summed E-state index contributed by atoms with van der Waals surface area (Å²) in [6, 6.07) is 61.0. The largest absolute Gasteiger partial charge is 0.292 e. The Labute approximate surface area is 294 Å². The van der Waals surface area contributed by atoms with Gasteiger partial charge in [0.15, 0.2) is 17.5 Å². The monoisotopic (exact) mass is 651 g/mol. The molecule has 0 spiro atoms. The molecule has 0 atom stereocenters. The fourth-order valence-electron chi connectivity index (χ4n) is 7.18. The third-order valence-corrected chi connectivity index (χ3v) is 9.62. The number of imidazole rings is 1. The zero-order valence-electron chi connectivity index (χ0n) is 27.5. The standard InChI is InChI=1S/C46H29N5/c1-3-14-31(15-4-1)43-48-44(32-16-5-2-6-17-32)50-45(49-43)33-25-27-36(28-26-33)51-42-40-22-12-10-20-38(40)37-19-9-11-21-39(37)41(42)47-46(51)35-24-23-30-13-7-8-18-34(30)29-35/h1-29H. The van der Waals surface area contributed by atoms with E-state index < -0.39 is 0 Å². The summed E-state index contributed by atoms with van der Waals surface area (Å²) >= 11 is 0. The van der Waals surface area contributed by atoms with Crippen molar-refractivity contribution in [1.82, 2.24) is 24.5 Å². The Balaban J connectivity index is 1.20. The van der Waals surface area contributed by atoms with Crippen molar-refractivity contribution in [3.63, 3.8) is 0 Å². The van der Waals surface area contributed by atoms with Gasteiger partial charge in [-0.3, -0.25) is 4.57 Å². The highest BCUT2D eigenvalue weighted by atomic mass is 15.1. The maximum absolute atomic E-state index is 5.45. The third-order valence-electron chi connectivity index (χ3n) is 9.62. The van der Waals surface area contributed by atoms with Crippen molar-refractivity contribution < 1.29 is 0 Å².